The van der Waals surface area contributed by atoms with Crippen molar-refractivity contribution in [3.8, 4) is 17.1 Å². The van der Waals surface area contributed by atoms with Crippen molar-refractivity contribution in [2.24, 2.45) is 11.7 Å². The number of aromatic nitrogens is 15. The maximum atomic E-state index is 11.8. The lowest BCUT2D eigenvalue weighted by Crippen LogP contribution is -2.17. The van der Waals surface area contributed by atoms with Crippen LogP contribution in [0.2, 0.25) is 30.9 Å². The number of carboxylic acid groups (broad SMARTS) is 1. The van der Waals surface area contributed by atoms with E-state index in [2.05, 4.69) is 106 Å². The molecule has 0 saturated carbocycles. The Morgan fingerprint density at radius 1 is 0.491 bits per heavy atom. The fraction of sp³-hybridized carbons (Fsp3) is 0.0984. The third-order valence-electron chi connectivity index (χ3n) is 12.7. The number of carboxylic acids is 1. The highest BCUT2D eigenvalue weighted by atomic mass is 36.0. The van der Waals surface area contributed by atoms with Crippen LogP contribution in [-0.4, -0.2) is 136 Å². The molecule has 0 atom stereocenters. The molecule has 0 amide bonds. The Labute approximate surface area is 661 Å². The van der Waals surface area contributed by atoms with E-state index in [1.54, 1.807) is 67.2 Å². The number of carbonyl (C=O) groups excluding carboxylic acids is 2. The summed E-state index contributed by atoms with van der Waals surface area (Å²) < 4.78 is 74.5. The van der Waals surface area contributed by atoms with Gasteiger partial charge in [-0.2, -0.15) is 35.5 Å². The summed E-state index contributed by atoms with van der Waals surface area (Å²) in [5, 5.41) is 40.9. The molecule has 570 valence electrons. The van der Waals surface area contributed by atoms with Gasteiger partial charge in [-0.1, -0.05) is 136 Å². The molecule has 11 N–H and O–H groups in total. The van der Waals surface area contributed by atoms with Crippen molar-refractivity contribution < 1.29 is 58.8 Å². The quantitative estimate of drug-likeness (QED) is 0.0310. The van der Waals surface area contributed by atoms with E-state index in [0.717, 1.165) is 45.8 Å². The number of ether oxygens (including phenoxy) is 2. The molecule has 0 bridgehead atoms. The summed E-state index contributed by atoms with van der Waals surface area (Å²) >= 11 is 47.0. The number of benzene rings is 3. The highest BCUT2D eigenvalue weighted by Gasteiger charge is 2.24. The van der Waals surface area contributed by atoms with Crippen LogP contribution in [0.15, 0.2) is 195 Å². The van der Waals surface area contributed by atoms with Crippen LogP contribution in [0.1, 0.15) is 27.2 Å². The molecule has 1 aliphatic rings. The lowest BCUT2D eigenvalue weighted by molar-refractivity contribution is -0.141. The van der Waals surface area contributed by atoms with E-state index in [0.29, 0.717) is 89.3 Å². The lowest BCUT2D eigenvalue weighted by atomic mass is 10.1. The van der Waals surface area contributed by atoms with Gasteiger partial charge in [0.2, 0.25) is 0 Å². The number of carbonyl (C=O) groups is 3. The predicted octanol–water partition coefficient (Wildman–Crippen LogP) is 11.3. The molecule has 1 aliphatic carbocycles. The van der Waals surface area contributed by atoms with Crippen molar-refractivity contribution in [2.75, 3.05) is 13.2 Å². The molecular weight excluding hydrogens is 1690 g/mol. The van der Waals surface area contributed by atoms with E-state index >= 15 is 0 Å². The number of hydrazine groups is 1. The van der Waals surface area contributed by atoms with E-state index in [4.69, 9.17) is 114 Å². The van der Waals surface area contributed by atoms with Gasteiger partial charge in [-0.15, -0.1) is 20.4 Å². The summed E-state index contributed by atoms with van der Waals surface area (Å²) in [4.78, 5) is 82.7. The van der Waals surface area contributed by atoms with Crippen molar-refractivity contribution in [3.63, 3.8) is 0 Å². The average molecular weight is 1740 g/mol. The molecular formula is C61H53Cl9N17O17PS3. The number of rotatable bonds is 7. The van der Waals surface area contributed by atoms with E-state index in [9.17, 15) is 33.3 Å². The first-order valence-electron chi connectivity index (χ1n) is 29.1. The van der Waals surface area contributed by atoms with Crippen LogP contribution >= 0.6 is 109 Å². The molecule has 108 heavy (non-hydrogen) atoms. The Morgan fingerprint density at radius 2 is 0.861 bits per heavy atom. The summed E-state index contributed by atoms with van der Waals surface area (Å²) in [5.74, 6) is 6.26. The molecule has 0 aliphatic heterocycles. The van der Waals surface area contributed by atoms with Crippen molar-refractivity contribution in [2.45, 2.75) is 27.2 Å². The first kappa shape index (κ1) is 92.3. The number of esters is 2. The van der Waals surface area contributed by atoms with Crippen molar-refractivity contribution in [1.82, 2.24) is 74.7 Å². The molecule has 13 aromatic rings. The predicted molar refractivity (Wildman–Crippen MR) is 413 cm³/mol. The molecule has 47 heteroatoms. The van der Waals surface area contributed by atoms with Crippen LogP contribution in [0.3, 0.4) is 0 Å². The highest BCUT2D eigenvalue weighted by molar-refractivity contribution is 8.24. The molecule has 0 saturated heterocycles. The van der Waals surface area contributed by atoms with Crippen LogP contribution in [-0.2, 0) is 63.1 Å². The lowest BCUT2D eigenvalue weighted by Gasteiger charge is -2.05. The zero-order chi connectivity index (χ0) is 80.6. The molecule has 34 nitrogen and oxygen atoms in total. The molecule has 14 rings (SSSR count). The van der Waals surface area contributed by atoms with E-state index in [-0.39, 0.29) is 27.4 Å². The number of nitrogens with one attached hydrogen (secondary N) is 6. The van der Waals surface area contributed by atoms with Crippen LogP contribution < -0.4 is 33.9 Å². The fourth-order valence-corrected chi connectivity index (χ4v) is 9.94. The number of aromatic amines is 6. The molecule has 10 aromatic heterocycles. The van der Waals surface area contributed by atoms with Gasteiger partial charge in [0.05, 0.1) is 51.7 Å². The van der Waals surface area contributed by atoms with Gasteiger partial charge in [-0.05, 0) is 121 Å². The summed E-state index contributed by atoms with van der Waals surface area (Å²) in [7, 11) is 0. The van der Waals surface area contributed by atoms with Crippen molar-refractivity contribution in [1.29, 1.82) is 0 Å². The maximum Gasteiger partial charge on any atom is 0.339 e. The molecule has 0 radical (unpaired) electrons. The Kier molecular flexibility index (Phi) is 41.3. The van der Waals surface area contributed by atoms with E-state index < -0.39 is 57.8 Å². The number of para-hydroxylation sites is 3. The standard InChI is InChI=1S/C12H7Cl2N3.2C12H8ClN3O.C11H14O4.C6H3Cl2N3.C6H5N3O2.C2H4O2.Cl3OP.H4N2.3O2S/c13-11-9-6-7-17(8-4-2-1-3-5-8)10(9)12(14)16-15-11;13-11-10-9(12(17)15-14-11)6-7-16(10)8-4-2-1-3-5-8;13-11-9-6-7-16(8-4-2-1-3-5-8)10(9)12(17)15-14-11;1-3-14-10(12)8-6-5-7-9(8)11(13)15-4-2;7-5-3-1-2-9-4(3)6(8)11-10-5;10-5-3-1-2-7-4(3)6(11)9-8-5;1-2(3)4;1-5(2,3)4;1-2;3*1-3-2/h1-7H;2*1-7H,(H,15,17);5-6H,3-4,7H2,1-2H3;1-2,9H;1-2,7H,(H,8,10)(H,9,11);1H3,(H,3,4);;1-2H2;;;. The van der Waals surface area contributed by atoms with Crippen molar-refractivity contribution in [3.05, 3.63) is 248 Å². The monoisotopic (exact) mass is 1740 g/mol. The number of nitrogens with two attached hydrogens (primary N) is 2. The molecule has 10 heterocycles. The van der Waals surface area contributed by atoms with Gasteiger partial charge in [0, 0.05) is 71.1 Å². The first-order valence-corrected chi connectivity index (χ1v) is 37.8. The van der Waals surface area contributed by atoms with Crippen molar-refractivity contribution >= 4 is 216 Å². The molecule has 0 fully saturated rings. The SMILES string of the molecule is CC(=O)O.CCOC(=O)C1=C(C(=O)OCC)CC=C1.Clc1nnc(Cl)c2[nH]ccc12.Clc1nnc(Cl)c2c1ccn2-c1ccccc1.NN.O=P(Cl)(Cl)Cl.O=S=O.O=S=O.O=S=O.O=c1[nH][nH]c(=O)c2[nH]ccc12.O=c1[nH]nc(Cl)c2c1ccn2-c1ccccc1.O=c1[nH]nc(Cl)c2ccn(-c3ccccc3)c12. The number of nitrogens with zero attached hydrogens (tertiary/aromatic N) is 9. The number of aliphatic carboxylic acids is 1. The smallest absolute Gasteiger partial charge is 0.339 e. The van der Waals surface area contributed by atoms with Gasteiger partial charge in [0.15, 0.2) is 30.9 Å². The van der Waals surface area contributed by atoms with Crippen LogP contribution in [0.25, 0.3) is 71.6 Å². The fourth-order valence-electron chi connectivity index (χ4n) is 8.70. The average Bonchev–Trinajstić information content (AvgIpc) is 1.64. The zero-order valence-electron chi connectivity index (χ0n) is 54.9. The number of halogens is 9. The van der Waals surface area contributed by atoms with E-state index in [1.165, 1.54) is 0 Å². The number of hydrogen-bond donors (Lipinski definition) is 9. The molecule has 3 aromatic carbocycles. The number of fused-ring (bicyclic) bond motifs is 5. The largest absolute Gasteiger partial charge is 0.481 e. The number of hydrogen-bond acceptors (Lipinski definition) is 24. The normalized spacial score (nSPS) is 10.5. The Morgan fingerprint density at radius 3 is 1.32 bits per heavy atom. The summed E-state index contributed by atoms with van der Waals surface area (Å²) in [6.07, 6.45) is 12.6. The van der Waals surface area contributed by atoms with Gasteiger partial charge >= 0.3 is 51.9 Å². The van der Waals surface area contributed by atoms with Crippen LogP contribution in [0, 0.1) is 0 Å². The highest BCUT2D eigenvalue weighted by Crippen LogP contribution is 2.61. The number of allylic oxidation sites excluding steroid dienone is 1. The first-order chi connectivity index (χ1) is 51.6. The number of H-pyrrole nitrogens is 6. The second-order valence-electron chi connectivity index (χ2n) is 19.1. The minimum atomic E-state index is -3.22. The Hall–Kier alpha value is -9.93. The topological polar surface area (TPSA) is 517 Å². The minimum absolute atomic E-state index is 0.237. The second kappa shape index (κ2) is 48.4. The maximum absolute atomic E-state index is 11.8. The van der Waals surface area contributed by atoms with E-state index in [1.807, 2.05) is 125 Å². The Balaban J connectivity index is 0.000000322. The molecule has 0 unspecified atom stereocenters. The zero-order valence-corrected chi connectivity index (χ0v) is 65.1. The third-order valence-corrected chi connectivity index (χ3v) is 14.3. The Bertz CT molecular complexity index is 5510. The minimum Gasteiger partial charge on any atom is -0.481 e. The van der Waals surface area contributed by atoms with Gasteiger partial charge in [-0.25, -0.2) is 19.8 Å². The van der Waals surface area contributed by atoms with Gasteiger partial charge in [0.25, 0.3) is 28.2 Å². The molecule has 0 spiro atoms. The van der Waals surface area contributed by atoms with Crippen LogP contribution in [0.5, 0.6) is 0 Å². The summed E-state index contributed by atoms with van der Waals surface area (Å²) in [6.45, 7) is 5.14. The summed E-state index contributed by atoms with van der Waals surface area (Å²) in [6, 6.07) is 37.9. The van der Waals surface area contributed by atoms with Gasteiger partial charge < -0.3 is 38.2 Å². The second-order valence-corrected chi connectivity index (χ2v) is 28.3. The van der Waals surface area contributed by atoms with Crippen LogP contribution in [0.4, 0.5) is 0 Å². The third kappa shape index (κ3) is 28.7. The summed E-state index contributed by atoms with van der Waals surface area (Å²) in [5.41, 5.74) is 5.42. The van der Waals surface area contributed by atoms with Gasteiger partial charge in [0.1, 0.15) is 11.0 Å². The van der Waals surface area contributed by atoms with Gasteiger partial charge in [-0.3, -0.25) is 50.4 Å².